The number of esters is 1. The van der Waals surface area contributed by atoms with Gasteiger partial charge < -0.3 is 14.2 Å². The first-order valence-corrected chi connectivity index (χ1v) is 8.76. The van der Waals surface area contributed by atoms with Gasteiger partial charge >= 0.3 is 5.97 Å². The van der Waals surface area contributed by atoms with E-state index in [1.807, 2.05) is 38.1 Å². The number of hydrogen-bond acceptors (Lipinski definition) is 5. The highest BCUT2D eigenvalue weighted by atomic mass is 16.5. The van der Waals surface area contributed by atoms with Crippen molar-refractivity contribution < 1.29 is 19.0 Å². The molecule has 3 atom stereocenters. The molecule has 0 unspecified atom stereocenters. The summed E-state index contributed by atoms with van der Waals surface area (Å²) < 4.78 is 16.5. The largest absolute Gasteiger partial charge is 0.496 e. The molecule has 0 saturated carbocycles. The van der Waals surface area contributed by atoms with Crippen LogP contribution in [0.15, 0.2) is 24.3 Å². The zero-order chi connectivity index (χ0) is 18.4. The van der Waals surface area contributed by atoms with Crippen LogP contribution in [0.25, 0.3) is 0 Å². The first kappa shape index (κ1) is 19.3. The summed E-state index contributed by atoms with van der Waals surface area (Å²) in [5.74, 6) is -0.792. The van der Waals surface area contributed by atoms with E-state index in [4.69, 9.17) is 14.2 Å². The van der Waals surface area contributed by atoms with Crippen molar-refractivity contribution in [3.8, 4) is 11.8 Å². The van der Waals surface area contributed by atoms with Gasteiger partial charge in [-0.15, -0.1) is 0 Å². The molecule has 0 bridgehead atoms. The molecule has 25 heavy (non-hydrogen) atoms. The van der Waals surface area contributed by atoms with Gasteiger partial charge in [0.1, 0.15) is 5.75 Å². The van der Waals surface area contributed by atoms with Crippen molar-refractivity contribution in [3.05, 3.63) is 29.8 Å². The molecule has 0 radical (unpaired) electrons. The molecule has 5 heteroatoms. The molecule has 0 N–H and O–H groups in total. The van der Waals surface area contributed by atoms with Gasteiger partial charge in [0.05, 0.1) is 25.4 Å². The van der Waals surface area contributed by atoms with Gasteiger partial charge in [0, 0.05) is 12.5 Å². The SMILES string of the molecule is CCOC(=O)[C@H](C#N)[C@H](c1ccccc1OC)[C@H]1CCOC(C)(C)C1. The molecule has 1 aromatic carbocycles. The van der Waals surface area contributed by atoms with Crippen molar-refractivity contribution in [2.75, 3.05) is 20.3 Å². The predicted octanol–water partition coefficient (Wildman–Crippen LogP) is 3.69. The standard InChI is InChI=1S/C20H27NO4/c1-5-24-19(22)16(13-21)18(14-10-11-25-20(2,3)12-14)15-8-6-7-9-17(15)23-4/h6-9,14,16,18H,5,10-12H2,1-4H3/t14-,16+,18-/m0/s1. The molecule has 0 aromatic heterocycles. The third-order valence-corrected chi connectivity index (χ3v) is 4.78. The maximum Gasteiger partial charge on any atom is 0.323 e. The molecule has 136 valence electrons. The van der Waals surface area contributed by atoms with Crippen molar-refractivity contribution in [1.82, 2.24) is 0 Å². The molecular formula is C20H27NO4. The van der Waals surface area contributed by atoms with E-state index < -0.39 is 11.9 Å². The summed E-state index contributed by atoms with van der Waals surface area (Å²) in [6.07, 6.45) is 1.57. The van der Waals surface area contributed by atoms with Gasteiger partial charge in [0.15, 0.2) is 5.92 Å². The molecular weight excluding hydrogens is 318 g/mol. The lowest BCUT2D eigenvalue weighted by atomic mass is 9.71. The van der Waals surface area contributed by atoms with Gasteiger partial charge in [-0.1, -0.05) is 18.2 Å². The lowest BCUT2D eigenvalue weighted by molar-refractivity contribution is -0.148. The first-order valence-electron chi connectivity index (χ1n) is 8.76. The fourth-order valence-electron chi connectivity index (χ4n) is 3.74. The smallest absolute Gasteiger partial charge is 0.323 e. The minimum absolute atomic E-state index is 0.133. The van der Waals surface area contributed by atoms with Crippen LogP contribution in [0.4, 0.5) is 0 Å². The Hall–Kier alpha value is -2.06. The van der Waals surface area contributed by atoms with Crippen LogP contribution in [0.2, 0.25) is 0 Å². The fourth-order valence-corrected chi connectivity index (χ4v) is 3.74. The molecule has 1 fully saturated rings. The minimum Gasteiger partial charge on any atom is -0.496 e. The third kappa shape index (κ3) is 4.52. The molecule has 1 saturated heterocycles. The molecule has 0 spiro atoms. The van der Waals surface area contributed by atoms with Crippen LogP contribution in [-0.4, -0.2) is 31.9 Å². The number of carbonyl (C=O) groups is 1. The lowest BCUT2D eigenvalue weighted by Crippen LogP contribution is -2.39. The van der Waals surface area contributed by atoms with Crippen molar-refractivity contribution in [2.24, 2.45) is 11.8 Å². The number of carbonyl (C=O) groups excluding carboxylic acids is 1. The molecule has 1 heterocycles. The Kier molecular flexibility index (Phi) is 6.44. The number of benzene rings is 1. The number of hydrogen-bond donors (Lipinski definition) is 0. The number of rotatable bonds is 6. The van der Waals surface area contributed by atoms with Crippen molar-refractivity contribution >= 4 is 5.97 Å². The maximum absolute atomic E-state index is 12.5. The Bertz CT molecular complexity index is 635. The predicted molar refractivity (Wildman–Crippen MR) is 94.2 cm³/mol. The summed E-state index contributed by atoms with van der Waals surface area (Å²) in [6, 6.07) is 9.80. The molecule has 5 nitrogen and oxygen atoms in total. The highest BCUT2D eigenvalue weighted by Crippen LogP contribution is 2.45. The average molecular weight is 345 g/mol. The van der Waals surface area contributed by atoms with E-state index in [-0.39, 0.29) is 24.0 Å². The van der Waals surface area contributed by atoms with Gasteiger partial charge in [-0.05, 0) is 51.2 Å². The molecule has 0 aliphatic carbocycles. The van der Waals surface area contributed by atoms with Crippen LogP contribution >= 0.6 is 0 Å². The Balaban J connectivity index is 2.47. The van der Waals surface area contributed by atoms with Crippen LogP contribution in [0, 0.1) is 23.2 Å². The normalized spacial score (nSPS) is 21.6. The summed E-state index contributed by atoms with van der Waals surface area (Å²) in [4.78, 5) is 12.5. The van der Waals surface area contributed by atoms with Crippen LogP contribution in [0.5, 0.6) is 5.75 Å². The highest BCUT2D eigenvalue weighted by molar-refractivity contribution is 5.77. The van der Waals surface area contributed by atoms with Gasteiger partial charge in [-0.3, -0.25) is 4.79 Å². The lowest BCUT2D eigenvalue weighted by Gasteiger charge is -2.40. The Labute approximate surface area is 149 Å². The summed E-state index contributed by atoms with van der Waals surface area (Å²) in [7, 11) is 1.61. The second-order valence-corrected chi connectivity index (χ2v) is 6.99. The van der Waals surface area contributed by atoms with E-state index in [1.54, 1.807) is 14.0 Å². The van der Waals surface area contributed by atoms with Crippen LogP contribution in [0.1, 0.15) is 45.1 Å². The van der Waals surface area contributed by atoms with Crippen LogP contribution < -0.4 is 4.74 Å². The number of methoxy groups -OCH3 is 1. The minimum atomic E-state index is -0.866. The number of nitriles is 1. The monoisotopic (exact) mass is 345 g/mol. The second kappa shape index (κ2) is 8.35. The number of para-hydroxylation sites is 1. The van der Waals surface area contributed by atoms with Gasteiger partial charge in [-0.2, -0.15) is 5.26 Å². The summed E-state index contributed by atoms with van der Waals surface area (Å²) in [5, 5.41) is 9.76. The first-order chi connectivity index (χ1) is 11.9. The van der Waals surface area contributed by atoms with E-state index in [1.165, 1.54) is 0 Å². The highest BCUT2D eigenvalue weighted by Gasteiger charge is 2.42. The summed E-state index contributed by atoms with van der Waals surface area (Å²) in [5.41, 5.74) is 0.602. The molecule has 2 rings (SSSR count). The molecule has 1 aliphatic rings. The zero-order valence-electron chi connectivity index (χ0n) is 15.5. The van der Waals surface area contributed by atoms with E-state index in [0.29, 0.717) is 12.4 Å². The van der Waals surface area contributed by atoms with Gasteiger partial charge in [-0.25, -0.2) is 0 Å². The topological polar surface area (TPSA) is 68.6 Å². The second-order valence-electron chi connectivity index (χ2n) is 6.99. The Morgan fingerprint density at radius 2 is 2.16 bits per heavy atom. The van der Waals surface area contributed by atoms with Gasteiger partial charge in [0.2, 0.25) is 0 Å². The third-order valence-electron chi connectivity index (χ3n) is 4.78. The van der Waals surface area contributed by atoms with Gasteiger partial charge in [0.25, 0.3) is 0 Å². The van der Waals surface area contributed by atoms with Crippen molar-refractivity contribution in [3.63, 3.8) is 0 Å². The molecule has 0 amide bonds. The Morgan fingerprint density at radius 3 is 2.76 bits per heavy atom. The summed E-state index contributed by atoms with van der Waals surface area (Å²) in [6.45, 7) is 6.72. The fraction of sp³-hybridized carbons (Fsp3) is 0.600. The maximum atomic E-state index is 12.5. The van der Waals surface area contributed by atoms with Crippen LogP contribution in [-0.2, 0) is 14.3 Å². The number of ether oxygens (including phenoxy) is 3. The van der Waals surface area contributed by atoms with E-state index in [9.17, 15) is 10.1 Å². The molecule has 1 aliphatic heterocycles. The van der Waals surface area contributed by atoms with E-state index >= 15 is 0 Å². The van der Waals surface area contributed by atoms with Crippen molar-refractivity contribution in [2.45, 2.75) is 45.1 Å². The van der Waals surface area contributed by atoms with E-state index in [0.717, 1.165) is 18.4 Å². The number of nitrogens with zero attached hydrogens (tertiary/aromatic N) is 1. The zero-order valence-corrected chi connectivity index (χ0v) is 15.5. The average Bonchev–Trinajstić information content (AvgIpc) is 2.58. The van der Waals surface area contributed by atoms with Crippen LogP contribution in [0.3, 0.4) is 0 Å². The molecule has 1 aromatic rings. The Morgan fingerprint density at radius 1 is 1.44 bits per heavy atom. The van der Waals surface area contributed by atoms with E-state index in [2.05, 4.69) is 6.07 Å². The quantitative estimate of drug-likeness (QED) is 0.736. The van der Waals surface area contributed by atoms with Crippen molar-refractivity contribution in [1.29, 1.82) is 5.26 Å². The summed E-state index contributed by atoms with van der Waals surface area (Å²) >= 11 is 0.